The second-order valence-corrected chi connectivity index (χ2v) is 6.00. The molecule has 21 heavy (non-hydrogen) atoms. The fraction of sp³-hybridized carbons (Fsp3) is 0.188. The highest BCUT2D eigenvalue weighted by Gasteiger charge is 2.08. The lowest BCUT2D eigenvalue weighted by Crippen LogP contribution is -2.14. The molecule has 5 heteroatoms. The lowest BCUT2D eigenvalue weighted by Gasteiger charge is -2.07. The van der Waals surface area contributed by atoms with Crippen LogP contribution in [0.2, 0.25) is 5.02 Å². The van der Waals surface area contributed by atoms with E-state index in [1.807, 2.05) is 31.2 Å². The molecule has 1 N–H and O–H groups in total. The fourth-order valence-corrected chi connectivity index (χ4v) is 2.92. The van der Waals surface area contributed by atoms with Gasteiger partial charge in [-0.3, -0.25) is 4.79 Å². The predicted molar refractivity (Wildman–Crippen MR) is 87.4 cm³/mol. The Labute approximate surface area is 132 Å². The molecule has 2 rings (SSSR count). The average Bonchev–Trinajstić information content (AvgIpc) is 2.45. The summed E-state index contributed by atoms with van der Waals surface area (Å²) in [6, 6.07) is 12.2. The minimum absolute atomic E-state index is 0.115. The maximum atomic E-state index is 13.6. The number of nitrogens with one attached hydrogen (secondary N) is 1. The lowest BCUT2D eigenvalue weighted by atomic mass is 10.2. The van der Waals surface area contributed by atoms with Gasteiger partial charge in [-0.25, -0.2) is 4.39 Å². The number of carbonyl (C=O) groups is 1. The van der Waals surface area contributed by atoms with Gasteiger partial charge < -0.3 is 5.32 Å². The number of benzene rings is 2. The highest BCUT2D eigenvalue weighted by Crippen LogP contribution is 2.24. The van der Waals surface area contributed by atoms with E-state index in [9.17, 15) is 9.18 Å². The maximum Gasteiger partial charge on any atom is 0.234 e. The molecule has 0 spiro atoms. The first kappa shape index (κ1) is 15.9. The van der Waals surface area contributed by atoms with Gasteiger partial charge >= 0.3 is 0 Å². The van der Waals surface area contributed by atoms with Crippen molar-refractivity contribution in [3.63, 3.8) is 0 Å². The number of thioether (sulfide) groups is 1. The van der Waals surface area contributed by atoms with Crippen LogP contribution in [-0.2, 0) is 10.5 Å². The molecule has 0 heterocycles. The lowest BCUT2D eigenvalue weighted by molar-refractivity contribution is -0.113. The van der Waals surface area contributed by atoms with Crippen LogP contribution in [0.5, 0.6) is 0 Å². The van der Waals surface area contributed by atoms with Crippen molar-refractivity contribution >= 4 is 35.0 Å². The van der Waals surface area contributed by atoms with Crippen LogP contribution in [0.1, 0.15) is 11.1 Å². The molecule has 2 nitrogen and oxygen atoms in total. The first-order valence-corrected chi connectivity index (χ1v) is 7.96. The Morgan fingerprint density at radius 2 is 1.95 bits per heavy atom. The van der Waals surface area contributed by atoms with Gasteiger partial charge in [0, 0.05) is 22.0 Å². The summed E-state index contributed by atoms with van der Waals surface area (Å²) in [7, 11) is 0. The van der Waals surface area contributed by atoms with Gasteiger partial charge in [0.25, 0.3) is 0 Å². The van der Waals surface area contributed by atoms with Crippen molar-refractivity contribution in [1.29, 1.82) is 0 Å². The van der Waals surface area contributed by atoms with Gasteiger partial charge in [0.2, 0.25) is 5.91 Å². The van der Waals surface area contributed by atoms with Gasteiger partial charge in [-0.15, -0.1) is 11.8 Å². The monoisotopic (exact) mass is 323 g/mol. The molecule has 1 amide bonds. The van der Waals surface area contributed by atoms with Crippen LogP contribution < -0.4 is 5.32 Å². The van der Waals surface area contributed by atoms with Crippen LogP contribution in [0.15, 0.2) is 42.5 Å². The van der Waals surface area contributed by atoms with Gasteiger partial charge in [0.1, 0.15) is 5.82 Å². The van der Waals surface area contributed by atoms with Gasteiger partial charge in [0.15, 0.2) is 0 Å². The zero-order valence-corrected chi connectivity index (χ0v) is 13.1. The van der Waals surface area contributed by atoms with E-state index in [1.165, 1.54) is 17.8 Å². The molecule has 0 unspecified atom stereocenters. The normalized spacial score (nSPS) is 10.4. The third-order valence-corrected chi connectivity index (χ3v) is 4.19. The predicted octanol–water partition coefficient (Wildman–Crippen LogP) is 4.66. The summed E-state index contributed by atoms with van der Waals surface area (Å²) < 4.78 is 13.6. The number of carbonyl (C=O) groups excluding carboxylic acids is 1. The molecule has 0 saturated heterocycles. The van der Waals surface area contributed by atoms with E-state index < -0.39 is 0 Å². The molecule has 0 radical (unpaired) electrons. The van der Waals surface area contributed by atoms with Crippen LogP contribution in [0.25, 0.3) is 0 Å². The Balaban J connectivity index is 1.83. The van der Waals surface area contributed by atoms with E-state index in [1.54, 1.807) is 12.1 Å². The number of amides is 1. The second-order valence-electron chi connectivity index (χ2n) is 4.61. The summed E-state index contributed by atoms with van der Waals surface area (Å²) in [4.78, 5) is 11.8. The van der Waals surface area contributed by atoms with Crippen molar-refractivity contribution in [3.05, 3.63) is 64.4 Å². The van der Waals surface area contributed by atoms with Crippen molar-refractivity contribution in [2.75, 3.05) is 11.1 Å². The summed E-state index contributed by atoms with van der Waals surface area (Å²) in [5.74, 6) is 0.163. The molecule has 0 aliphatic heterocycles. The summed E-state index contributed by atoms with van der Waals surface area (Å²) in [5, 5.41) is 3.19. The average molecular weight is 324 g/mol. The molecule has 2 aromatic carbocycles. The Bertz CT molecular complexity index is 610. The summed E-state index contributed by atoms with van der Waals surface area (Å²) in [6.07, 6.45) is 0. The van der Waals surface area contributed by atoms with E-state index >= 15 is 0 Å². The number of aryl methyl sites for hydroxylation is 1. The number of halogens is 2. The highest BCUT2D eigenvalue weighted by atomic mass is 35.5. The minimum Gasteiger partial charge on any atom is -0.325 e. The molecule has 0 atom stereocenters. The van der Waals surface area contributed by atoms with Gasteiger partial charge in [-0.05, 0) is 31.2 Å². The number of hydrogen-bond donors (Lipinski definition) is 1. The summed E-state index contributed by atoms with van der Waals surface area (Å²) in [6.45, 7) is 1.99. The van der Waals surface area contributed by atoms with Crippen molar-refractivity contribution < 1.29 is 9.18 Å². The SMILES string of the molecule is Cc1ccc(NC(=O)CSCc2c(F)cccc2Cl)cc1. The maximum absolute atomic E-state index is 13.6. The molecule has 0 bridgehead atoms. The van der Waals surface area contributed by atoms with E-state index in [0.717, 1.165) is 11.3 Å². The van der Waals surface area contributed by atoms with Crippen LogP contribution in [-0.4, -0.2) is 11.7 Å². The van der Waals surface area contributed by atoms with Crippen molar-refractivity contribution in [1.82, 2.24) is 0 Å². The smallest absolute Gasteiger partial charge is 0.234 e. The quantitative estimate of drug-likeness (QED) is 0.867. The Kier molecular flexibility index (Phi) is 5.65. The third kappa shape index (κ3) is 4.76. The fourth-order valence-electron chi connectivity index (χ4n) is 1.75. The molecule has 0 aromatic heterocycles. The molecule has 110 valence electrons. The molecule has 0 fully saturated rings. The van der Waals surface area contributed by atoms with E-state index in [2.05, 4.69) is 5.32 Å². The largest absolute Gasteiger partial charge is 0.325 e. The summed E-state index contributed by atoms with van der Waals surface area (Å²) >= 11 is 7.26. The third-order valence-electron chi connectivity index (χ3n) is 2.88. The van der Waals surface area contributed by atoms with Gasteiger partial charge in [-0.1, -0.05) is 35.4 Å². The molecule has 2 aromatic rings. The van der Waals surface area contributed by atoms with E-state index in [4.69, 9.17) is 11.6 Å². The van der Waals surface area contributed by atoms with Crippen molar-refractivity contribution in [3.8, 4) is 0 Å². The Morgan fingerprint density at radius 1 is 1.24 bits per heavy atom. The topological polar surface area (TPSA) is 29.1 Å². The van der Waals surface area contributed by atoms with Crippen LogP contribution in [0.3, 0.4) is 0 Å². The van der Waals surface area contributed by atoms with E-state index in [-0.39, 0.29) is 17.5 Å². The number of anilines is 1. The molecule has 0 aliphatic carbocycles. The van der Waals surface area contributed by atoms with E-state index in [0.29, 0.717) is 16.3 Å². The van der Waals surface area contributed by atoms with Crippen molar-refractivity contribution in [2.24, 2.45) is 0 Å². The van der Waals surface area contributed by atoms with Crippen LogP contribution in [0.4, 0.5) is 10.1 Å². The second kappa shape index (κ2) is 7.48. The Hall–Kier alpha value is -1.52. The highest BCUT2D eigenvalue weighted by molar-refractivity contribution is 7.99. The van der Waals surface area contributed by atoms with Gasteiger partial charge in [0.05, 0.1) is 5.75 Å². The van der Waals surface area contributed by atoms with Crippen molar-refractivity contribution in [2.45, 2.75) is 12.7 Å². The minimum atomic E-state index is -0.339. The zero-order chi connectivity index (χ0) is 15.2. The Morgan fingerprint density at radius 3 is 2.62 bits per heavy atom. The standard InChI is InChI=1S/C16H15ClFNOS/c1-11-5-7-12(8-6-11)19-16(20)10-21-9-13-14(17)3-2-4-15(13)18/h2-8H,9-10H2,1H3,(H,19,20). The summed E-state index contributed by atoms with van der Waals surface area (Å²) in [5.41, 5.74) is 2.33. The molecule has 0 aliphatic rings. The molecular formula is C16H15ClFNOS. The van der Waals surface area contributed by atoms with Crippen LogP contribution >= 0.6 is 23.4 Å². The first-order valence-electron chi connectivity index (χ1n) is 6.43. The van der Waals surface area contributed by atoms with Gasteiger partial charge in [-0.2, -0.15) is 0 Å². The number of hydrogen-bond acceptors (Lipinski definition) is 2. The zero-order valence-electron chi connectivity index (χ0n) is 11.5. The first-order chi connectivity index (χ1) is 10.1. The van der Waals surface area contributed by atoms with Crippen LogP contribution in [0, 0.1) is 12.7 Å². The molecular weight excluding hydrogens is 309 g/mol. The molecule has 0 saturated carbocycles. The number of rotatable bonds is 5.